The molecule has 3 rings (SSSR count). The Morgan fingerprint density at radius 1 is 1.22 bits per heavy atom. The maximum Gasteiger partial charge on any atom is 0.252 e. The maximum absolute atomic E-state index is 12.2. The lowest BCUT2D eigenvalue weighted by Crippen LogP contribution is -2.30. The van der Waals surface area contributed by atoms with E-state index in [4.69, 9.17) is 0 Å². The van der Waals surface area contributed by atoms with Crippen LogP contribution in [0.5, 0.6) is 0 Å². The zero-order valence-electron chi connectivity index (χ0n) is 12.8. The first-order chi connectivity index (χ1) is 11.2. The number of carbonyl (C=O) groups is 1. The minimum absolute atomic E-state index is 0.128. The molecule has 118 valence electrons. The standard InChI is InChI=1S/C16H18N6O/c1-13(12-21-8-2-6-19-21)10-18-16(23)14-4-5-15(17-11-14)22-9-3-7-20-22/h2-9,11,13H,10,12H2,1H3,(H,18,23). The van der Waals surface area contributed by atoms with Crippen LogP contribution in [-0.2, 0) is 6.54 Å². The van der Waals surface area contributed by atoms with Gasteiger partial charge in [0.1, 0.15) is 0 Å². The summed E-state index contributed by atoms with van der Waals surface area (Å²) in [6, 6.07) is 7.23. The van der Waals surface area contributed by atoms with Crippen molar-refractivity contribution in [1.82, 2.24) is 29.9 Å². The summed E-state index contributed by atoms with van der Waals surface area (Å²) in [5, 5.41) is 11.2. The molecule has 0 aliphatic carbocycles. The third-order valence-corrected chi connectivity index (χ3v) is 3.42. The third-order valence-electron chi connectivity index (χ3n) is 3.42. The summed E-state index contributed by atoms with van der Waals surface area (Å²) in [6.07, 6.45) is 8.71. The maximum atomic E-state index is 12.2. The lowest BCUT2D eigenvalue weighted by Gasteiger charge is -2.12. The SMILES string of the molecule is CC(CNC(=O)c1ccc(-n2cccn2)nc1)Cn1cccn1. The van der Waals surface area contributed by atoms with Crippen LogP contribution in [0.3, 0.4) is 0 Å². The highest BCUT2D eigenvalue weighted by Gasteiger charge is 2.09. The van der Waals surface area contributed by atoms with Crippen molar-refractivity contribution >= 4 is 5.91 Å². The number of rotatable bonds is 6. The average molecular weight is 310 g/mol. The largest absolute Gasteiger partial charge is 0.352 e. The normalized spacial score (nSPS) is 12.0. The van der Waals surface area contributed by atoms with Crippen molar-refractivity contribution < 1.29 is 4.79 Å². The number of amides is 1. The second-order valence-electron chi connectivity index (χ2n) is 5.40. The Hall–Kier alpha value is -2.96. The summed E-state index contributed by atoms with van der Waals surface area (Å²) < 4.78 is 3.51. The number of hydrogen-bond acceptors (Lipinski definition) is 4. The molecule has 0 saturated carbocycles. The van der Waals surface area contributed by atoms with Crippen molar-refractivity contribution in [3.63, 3.8) is 0 Å². The molecule has 0 fully saturated rings. The van der Waals surface area contributed by atoms with Gasteiger partial charge in [-0.1, -0.05) is 6.92 Å². The summed E-state index contributed by atoms with van der Waals surface area (Å²) >= 11 is 0. The number of hydrogen-bond donors (Lipinski definition) is 1. The Morgan fingerprint density at radius 3 is 2.70 bits per heavy atom. The van der Waals surface area contributed by atoms with E-state index in [1.54, 1.807) is 41.6 Å². The van der Waals surface area contributed by atoms with Crippen LogP contribution in [0.1, 0.15) is 17.3 Å². The molecule has 0 bridgehead atoms. The van der Waals surface area contributed by atoms with Gasteiger partial charge < -0.3 is 5.32 Å². The molecule has 1 N–H and O–H groups in total. The van der Waals surface area contributed by atoms with Gasteiger partial charge in [0.2, 0.25) is 0 Å². The van der Waals surface area contributed by atoms with Crippen LogP contribution in [0.25, 0.3) is 5.82 Å². The number of carbonyl (C=O) groups excluding carboxylic acids is 1. The molecule has 23 heavy (non-hydrogen) atoms. The van der Waals surface area contributed by atoms with Gasteiger partial charge in [0.15, 0.2) is 5.82 Å². The summed E-state index contributed by atoms with van der Waals surface area (Å²) in [4.78, 5) is 16.4. The monoisotopic (exact) mass is 310 g/mol. The summed E-state index contributed by atoms with van der Waals surface area (Å²) in [5.74, 6) is 0.839. The topological polar surface area (TPSA) is 77.6 Å². The van der Waals surface area contributed by atoms with Crippen LogP contribution in [0.2, 0.25) is 0 Å². The molecule has 1 amide bonds. The van der Waals surface area contributed by atoms with Gasteiger partial charge in [-0.2, -0.15) is 10.2 Å². The first kappa shape index (κ1) is 15.0. The predicted octanol–water partition coefficient (Wildman–Crippen LogP) is 1.53. The summed E-state index contributed by atoms with van der Waals surface area (Å²) in [7, 11) is 0. The first-order valence-electron chi connectivity index (χ1n) is 7.44. The highest BCUT2D eigenvalue weighted by atomic mass is 16.1. The van der Waals surface area contributed by atoms with Crippen LogP contribution in [-0.4, -0.2) is 37.0 Å². The zero-order valence-corrected chi connectivity index (χ0v) is 12.8. The minimum atomic E-state index is -0.128. The van der Waals surface area contributed by atoms with E-state index in [1.165, 1.54) is 0 Å². The summed E-state index contributed by atoms with van der Waals surface area (Å²) in [5.41, 5.74) is 0.534. The van der Waals surface area contributed by atoms with Gasteiger partial charge in [0, 0.05) is 44.1 Å². The Kier molecular flexibility index (Phi) is 4.46. The number of nitrogens with one attached hydrogen (secondary N) is 1. The molecule has 0 aliphatic rings. The molecule has 3 aromatic heterocycles. The average Bonchev–Trinajstić information content (AvgIpc) is 3.26. The minimum Gasteiger partial charge on any atom is -0.352 e. The van der Waals surface area contributed by atoms with Crippen LogP contribution in [0, 0.1) is 5.92 Å². The van der Waals surface area contributed by atoms with Gasteiger partial charge in [-0.05, 0) is 30.2 Å². The molecule has 0 radical (unpaired) electrons. The lowest BCUT2D eigenvalue weighted by molar-refractivity contribution is 0.0946. The van der Waals surface area contributed by atoms with Gasteiger partial charge in [0.25, 0.3) is 5.91 Å². The highest BCUT2D eigenvalue weighted by molar-refractivity contribution is 5.93. The van der Waals surface area contributed by atoms with Crippen LogP contribution >= 0.6 is 0 Å². The third kappa shape index (κ3) is 3.82. The molecular formula is C16H18N6O. The molecule has 7 nitrogen and oxygen atoms in total. The van der Waals surface area contributed by atoms with Crippen molar-refractivity contribution in [3.8, 4) is 5.82 Å². The van der Waals surface area contributed by atoms with Gasteiger partial charge in [-0.25, -0.2) is 9.67 Å². The Bertz CT molecular complexity index is 733. The van der Waals surface area contributed by atoms with Gasteiger partial charge in [-0.3, -0.25) is 9.48 Å². The smallest absolute Gasteiger partial charge is 0.252 e. The van der Waals surface area contributed by atoms with E-state index in [2.05, 4.69) is 27.4 Å². The van der Waals surface area contributed by atoms with E-state index in [0.717, 1.165) is 6.54 Å². The van der Waals surface area contributed by atoms with E-state index in [9.17, 15) is 4.79 Å². The van der Waals surface area contributed by atoms with Crippen molar-refractivity contribution in [2.75, 3.05) is 6.54 Å². The Labute approximate surface area is 134 Å². The van der Waals surface area contributed by atoms with Crippen molar-refractivity contribution in [2.45, 2.75) is 13.5 Å². The van der Waals surface area contributed by atoms with E-state index in [1.807, 2.05) is 23.0 Å². The zero-order chi connectivity index (χ0) is 16.1. The van der Waals surface area contributed by atoms with Crippen LogP contribution in [0.4, 0.5) is 0 Å². The van der Waals surface area contributed by atoms with Crippen molar-refractivity contribution in [3.05, 3.63) is 60.8 Å². The molecule has 0 aromatic carbocycles. The van der Waals surface area contributed by atoms with Gasteiger partial charge in [-0.15, -0.1) is 0 Å². The molecule has 7 heteroatoms. The molecule has 1 atom stereocenters. The number of pyridine rings is 1. The number of nitrogens with zero attached hydrogens (tertiary/aromatic N) is 5. The van der Waals surface area contributed by atoms with Crippen molar-refractivity contribution in [1.29, 1.82) is 0 Å². The molecule has 0 aliphatic heterocycles. The molecule has 0 spiro atoms. The molecular weight excluding hydrogens is 292 g/mol. The molecule has 3 heterocycles. The highest BCUT2D eigenvalue weighted by Crippen LogP contribution is 2.05. The Balaban J connectivity index is 1.53. The van der Waals surface area contributed by atoms with Crippen LogP contribution < -0.4 is 5.32 Å². The first-order valence-corrected chi connectivity index (χ1v) is 7.44. The predicted molar refractivity (Wildman–Crippen MR) is 85.1 cm³/mol. The molecule has 3 aromatic rings. The Morgan fingerprint density at radius 2 is 2.04 bits per heavy atom. The van der Waals surface area contributed by atoms with Crippen LogP contribution in [0.15, 0.2) is 55.2 Å². The fourth-order valence-corrected chi connectivity index (χ4v) is 2.22. The molecule has 0 saturated heterocycles. The molecule has 1 unspecified atom stereocenters. The quantitative estimate of drug-likeness (QED) is 0.749. The van der Waals surface area contributed by atoms with E-state index in [-0.39, 0.29) is 11.8 Å². The number of aromatic nitrogens is 5. The van der Waals surface area contributed by atoms with Crippen molar-refractivity contribution in [2.24, 2.45) is 5.92 Å². The summed E-state index contributed by atoms with van der Waals surface area (Å²) in [6.45, 7) is 3.42. The van der Waals surface area contributed by atoms with E-state index < -0.39 is 0 Å². The second-order valence-corrected chi connectivity index (χ2v) is 5.40. The fraction of sp³-hybridized carbons (Fsp3) is 0.250. The second kappa shape index (κ2) is 6.87. The van der Waals surface area contributed by atoms with E-state index in [0.29, 0.717) is 17.9 Å². The van der Waals surface area contributed by atoms with Gasteiger partial charge in [0.05, 0.1) is 5.56 Å². The fourth-order valence-electron chi connectivity index (χ4n) is 2.22. The van der Waals surface area contributed by atoms with E-state index >= 15 is 0 Å². The lowest BCUT2D eigenvalue weighted by atomic mass is 10.1. The van der Waals surface area contributed by atoms with Gasteiger partial charge >= 0.3 is 0 Å².